The number of rotatable bonds is 6. The molecule has 0 unspecified atom stereocenters. The molecule has 0 saturated carbocycles. The molecule has 0 aliphatic rings. The lowest BCUT2D eigenvalue weighted by molar-refractivity contribution is -0.144. The molecule has 2 aromatic carbocycles. The molecule has 0 radical (unpaired) electrons. The average molecular weight is 338 g/mol. The first-order valence-corrected chi connectivity index (χ1v) is 8.27. The number of carbonyl (C=O) groups excluding carboxylic acids is 1. The Balaban J connectivity index is 1.98. The number of aryl methyl sites for hydroxylation is 1. The summed E-state index contributed by atoms with van der Waals surface area (Å²) in [6.07, 6.45) is 1.86. The Morgan fingerprint density at radius 1 is 1.20 bits per heavy atom. The van der Waals surface area contributed by atoms with Crippen molar-refractivity contribution in [1.29, 1.82) is 0 Å². The summed E-state index contributed by atoms with van der Waals surface area (Å²) < 4.78 is 10.5. The SMILES string of the molecule is CCOC(=O)[C@@H](Nc1ccc(OC)cc1)c1c[nH]c2ccc(C)cc12. The summed E-state index contributed by atoms with van der Waals surface area (Å²) in [5.41, 5.74) is 3.82. The smallest absolute Gasteiger partial charge is 0.333 e. The van der Waals surface area contributed by atoms with Crippen LogP contribution in [0.3, 0.4) is 0 Å². The van der Waals surface area contributed by atoms with Crippen LogP contribution in [0.5, 0.6) is 5.75 Å². The number of anilines is 1. The summed E-state index contributed by atoms with van der Waals surface area (Å²) in [4.78, 5) is 15.8. The van der Waals surface area contributed by atoms with Crippen LogP contribution in [0.15, 0.2) is 48.7 Å². The first-order chi connectivity index (χ1) is 12.1. The number of aromatic amines is 1. The number of hydrogen-bond acceptors (Lipinski definition) is 4. The molecule has 1 aromatic heterocycles. The normalized spacial score (nSPS) is 12.0. The van der Waals surface area contributed by atoms with Gasteiger partial charge in [-0.25, -0.2) is 4.79 Å². The van der Waals surface area contributed by atoms with Crippen LogP contribution in [0.1, 0.15) is 24.1 Å². The highest BCUT2D eigenvalue weighted by Crippen LogP contribution is 2.29. The quantitative estimate of drug-likeness (QED) is 0.661. The summed E-state index contributed by atoms with van der Waals surface area (Å²) >= 11 is 0. The molecule has 0 amide bonds. The van der Waals surface area contributed by atoms with Gasteiger partial charge >= 0.3 is 5.97 Å². The summed E-state index contributed by atoms with van der Waals surface area (Å²) in [5, 5.41) is 4.29. The molecule has 5 nitrogen and oxygen atoms in total. The van der Waals surface area contributed by atoms with Crippen LogP contribution >= 0.6 is 0 Å². The largest absolute Gasteiger partial charge is 0.497 e. The van der Waals surface area contributed by atoms with Gasteiger partial charge in [-0.3, -0.25) is 0 Å². The Kier molecular flexibility index (Phi) is 4.93. The Morgan fingerprint density at radius 3 is 2.64 bits per heavy atom. The second kappa shape index (κ2) is 7.30. The van der Waals surface area contributed by atoms with E-state index < -0.39 is 6.04 Å². The maximum atomic E-state index is 12.6. The highest BCUT2D eigenvalue weighted by Gasteiger charge is 2.25. The van der Waals surface area contributed by atoms with E-state index in [1.807, 2.05) is 56.4 Å². The zero-order valence-electron chi connectivity index (χ0n) is 14.6. The Labute approximate surface area is 147 Å². The molecule has 130 valence electrons. The topological polar surface area (TPSA) is 63.4 Å². The molecule has 25 heavy (non-hydrogen) atoms. The van der Waals surface area contributed by atoms with E-state index in [1.54, 1.807) is 7.11 Å². The number of H-pyrrole nitrogens is 1. The standard InChI is InChI=1S/C20H22N2O3/c1-4-25-20(23)19(22-14-6-8-15(24-3)9-7-14)17-12-21-18-10-5-13(2)11-16(17)18/h5-12,19,21-22H,4H2,1-3H3/t19-/m0/s1. The van der Waals surface area contributed by atoms with Crippen molar-refractivity contribution in [3.63, 3.8) is 0 Å². The van der Waals surface area contributed by atoms with E-state index in [0.717, 1.165) is 33.5 Å². The Morgan fingerprint density at radius 2 is 1.96 bits per heavy atom. The van der Waals surface area contributed by atoms with Crippen molar-refractivity contribution < 1.29 is 14.3 Å². The molecule has 0 bridgehead atoms. The van der Waals surface area contributed by atoms with Gasteiger partial charge in [-0.15, -0.1) is 0 Å². The number of benzene rings is 2. The van der Waals surface area contributed by atoms with Gasteiger partial charge in [0.2, 0.25) is 0 Å². The predicted octanol–water partition coefficient (Wildman–Crippen LogP) is 4.20. The number of carbonyl (C=O) groups is 1. The molecule has 0 aliphatic heterocycles. The fourth-order valence-electron chi connectivity index (χ4n) is 2.84. The number of esters is 1. The molecular formula is C20H22N2O3. The van der Waals surface area contributed by atoms with Crippen LogP contribution < -0.4 is 10.1 Å². The molecular weight excluding hydrogens is 316 g/mol. The van der Waals surface area contributed by atoms with Crippen molar-refractivity contribution >= 4 is 22.6 Å². The van der Waals surface area contributed by atoms with Gasteiger partial charge in [-0.1, -0.05) is 11.6 Å². The monoisotopic (exact) mass is 338 g/mol. The van der Waals surface area contributed by atoms with Crippen molar-refractivity contribution in [2.24, 2.45) is 0 Å². The van der Waals surface area contributed by atoms with Gasteiger partial charge in [0, 0.05) is 28.4 Å². The summed E-state index contributed by atoms with van der Waals surface area (Å²) in [6, 6.07) is 13.0. The molecule has 0 spiro atoms. The maximum absolute atomic E-state index is 12.6. The summed E-state index contributed by atoms with van der Waals surface area (Å²) in [6.45, 7) is 4.18. The zero-order chi connectivity index (χ0) is 17.8. The van der Waals surface area contributed by atoms with Crippen LogP contribution in [-0.4, -0.2) is 24.7 Å². The van der Waals surface area contributed by atoms with Gasteiger partial charge in [0.15, 0.2) is 6.04 Å². The second-order valence-electron chi connectivity index (χ2n) is 5.85. The van der Waals surface area contributed by atoms with Gasteiger partial charge in [-0.05, 0) is 50.2 Å². The van der Waals surface area contributed by atoms with Gasteiger partial charge < -0.3 is 19.8 Å². The third-order valence-corrected chi connectivity index (χ3v) is 4.10. The maximum Gasteiger partial charge on any atom is 0.333 e. The summed E-state index contributed by atoms with van der Waals surface area (Å²) in [5.74, 6) is 0.460. The molecule has 1 atom stereocenters. The van der Waals surface area contributed by atoms with Gasteiger partial charge in [0.05, 0.1) is 13.7 Å². The van der Waals surface area contributed by atoms with Crippen LogP contribution in [0.4, 0.5) is 5.69 Å². The summed E-state index contributed by atoms with van der Waals surface area (Å²) in [7, 11) is 1.62. The molecule has 3 aromatic rings. The highest BCUT2D eigenvalue weighted by molar-refractivity contribution is 5.91. The number of fused-ring (bicyclic) bond motifs is 1. The van der Waals surface area contributed by atoms with Crippen LogP contribution in [0, 0.1) is 6.92 Å². The lowest BCUT2D eigenvalue weighted by Gasteiger charge is -2.18. The zero-order valence-corrected chi connectivity index (χ0v) is 14.6. The van der Waals surface area contributed by atoms with Crippen LogP contribution in [-0.2, 0) is 9.53 Å². The van der Waals surface area contributed by atoms with Crippen molar-refractivity contribution in [3.05, 3.63) is 59.8 Å². The molecule has 0 aliphatic carbocycles. The lowest BCUT2D eigenvalue weighted by Crippen LogP contribution is -2.23. The Hall–Kier alpha value is -2.95. The fourth-order valence-corrected chi connectivity index (χ4v) is 2.84. The average Bonchev–Trinajstić information content (AvgIpc) is 3.03. The first-order valence-electron chi connectivity index (χ1n) is 8.27. The molecule has 0 fully saturated rings. The lowest BCUT2D eigenvalue weighted by atomic mass is 10.0. The Bertz CT molecular complexity index is 868. The van der Waals surface area contributed by atoms with E-state index >= 15 is 0 Å². The van der Waals surface area contributed by atoms with Crippen LogP contribution in [0.2, 0.25) is 0 Å². The second-order valence-corrected chi connectivity index (χ2v) is 5.85. The third-order valence-electron chi connectivity index (χ3n) is 4.10. The fraction of sp³-hybridized carbons (Fsp3) is 0.250. The first kappa shape index (κ1) is 16.9. The van der Waals surface area contributed by atoms with E-state index in [9.17, 15) is 4.79 Å². The van der Waals surface area contributed by atoms with E-state index in [0.29, 0.717) is 6.61 Å². The van der Waals surface area contributed by atoms with Crippen molar-refractivity contribution in [3.8, 4) is 5.75 Å². The van der Waals surface area contributed by atoms with Crippen molar-refractivity contribution in [1.82, 2.24) is 4.98 Å². The molecule has 3 rings (SSSR count). The molecule has 2 N–H and O–H groups in total. The number of nitrogens with one attached hydrogen (secondary N) is 2. The van der Waals surface area contributed by atoms with Gasteiger partial charge in [0.1, 0.15) is 5.75 Å². The van der Waals surface area contributed by atoms with E-state index in [1.165, 1.54) is 0 Å². The van der Waals surface area contributed by atoms with Crippen molar-refractivity contribution in [2.75, 3.05) is 19.0 Å². The van der Waals surface area contributed by atoms with E-state index in [2.05, 4.69) is 16.4 Å². The van der Waals surface area contributed by atoms with Crippen molar-refractivity contribution in [2.45, 2.75) is 19.9 Å². The van der Waals surface area contributed by atoms with Gasteiger partial charge in [0.25, 0.3) is 0 Å². The number of aromatic nitrogens is 1. The molecule has 5 heteroatoms. The minimum Gasteiger partial charge on any atom is -0.497 e. The number of hydrogen-bond donors (Lipinski definition) is 2. The molecule has 0 saturated heterocycles. The third kappa shape index (κ3) is 3.60. The highest BCUT2D eigenvalue weighted by atomic mass is 16.5. The van der Waals surface area contributed by atoms with E-state index in [4.69, 9.17) is 9.47 Å². The van der Waals surface area contributed by atoms with Gasteiger partial charge in [-0.2, -0.15) is 0 Å². The minimum atomic E-state index is -0.594. The minimum absolute atomic E-state index is 0.305. The van der Waals surface area contributed by atoms with E-state index in [-0.39, 0.29) is 5.97 Å². The van der Waals surface area contributed by atoms with Crippen LogP contribution in [0.25, 0.3) is 10.9 Å². The molecule has 1 heterocycles. The predicted molar refractivity (Wildman–Crippen MR) is 99.0 cm³/mol. The number of ether oxygens (including phenoxy) is 2. The number of methoxy groups -OCH3 is 1.